The van der Waals surface area contributed by atoms with E-state index in [1.165, 1.54) is 10.5 Å². The highest BCUT2D eigenvalue weighted by Gasteiger charge is 2.27. The average molecular weight is 261 g/mol. The van der Waals surface area contributed by atoms with Gasteiger partial charge in [0, 0.05) is 19.4 Å². The lowest BCUT2D eigenvalue weighted by Gasteiger charge is -2.14. The third-order valence-electron chi connectivity index (χ3n) is 3.29. The highest BCUT2D eigenvalue weighted by atomic mass is 16.5. The molecule has 0 saturated carbocycles. The van der Waals surface area contributed by atoms with Crippen LogP contribution in [0.25, 0.3) is 0 Å². The molecule has 1 heterocycles. The van der Waals surface area contributed by atoms with Crippen molar-refractivity contribution >= 4 is 11.8 Å². The zero-order valence-corrected chi connectivity index (χ0v) is 11.2. The normalized spacial score (nSPS) is 15.1. The van der Waals surface area contributed by atoms with Gasteiger partial charge in [-0.25, -0.2) is 0 Å². The second kappa shape index (κ2) is 6.36. The third-order valence-corrected chi connectivity index (χ3v) is 3.29. The number of carbonyl (C=O) groups is 2. The van der Waals surface area contributed by atoms with E-state index in [1.807, 2.05) is 24.3 Å². The van der Waals surface area contributed by atoms with Gasteiger partial charge in [0.2, 0.25) is 11.8 Å². The molecule has 102 valence electrons. The first-order valence-corrected chi connectivity index (χ1v) is 6.76. The molecule has 2 amide bonds. The number of aryl methyl sites for hydroxylation is 1. The quantitative estimate of drug-likeness (QED) is 0.582. The van der Waals surface area contributed by atoms with E-state index in [4.69, 9.17) is 4.74 Å². The summed E-state index contributed by atoms with van der Waals surface area (Å²) in [5.74, 6) is 0.780. The number of imide groups is 1. The van der Waals surface area contributed by atoms with Gasteiger partial charge in [-0.1, -0.05) is 25.1 Å². The lowest BCUT2D eigenvalue weighted by molar-refractivity contribution is -0.138. The topological polar surface area (TPSA) is 46.6 Å². The van der Waals surface area contributed by atoms with Crippen molar-refractivity contribution in [1.82, 2.24) is 4.90 Å². The summed E-state index contributed by atoms with van der Waals surface area (Å²) < 4.78 is 5.71. The Bertz CT molecular complexity index is 454. The Labute approximate surface area is 113 Å². The van der Waals surface area contributed by atoms with Crippen molar-refractivity contribution in [2.75, 3.05) is 13.2 Å². The van der Waals surface area contributed by atoms with E-state index in [-0.39, 0.29) is 11.8 Å². The molecule has 1 aromatic rings. The Balaban J connectivity index is 1.78. The maximum absolute atomic E-state index is 11.4. The number of benzene rings is 1. The molecule has 0 spiro atoms. The van der Waals surface area contributed by atoms with Gasteiger partial charge in [-0.05, 0) is 24.5 Å². The average Bonchev–Trinajstić information content (AvgIpc) is 2.75. The highest BCUT2D eigenvalue weighted by Crippen LogP contribution is 2.18. The van der Waals surface area contributed by atoms with Crippen LogP contribution in [0.1, 0.15) is 31.7 Å². The van der Waals surface area contributed by atoms with Crippen LogP contribution in [0.4, 0.5) is 0 Å². The summed E-state index contributed by atoms with van der Waals surface area (Å²) in [6.07, 6.45) is 2.32. The Morgan fingerprint density at radius 1 is 1.16 bits per heavy atom. The molecule has 1 fully saturated rings. The number of hydrogen-bond acceptors (Lipinski definition) is 3. The highest BCUT2D eigenvalue weighted by molar-refractivity contribution is 6.01. The zero-order chi connectivity index (χ0) is 13.7. The monoisotopic (exact) mass is 261 g/mol. The van der Waals surface area contributed by atoms with Gasteiger partial charge < -0.3 is 4.74 Å². The van der Waals surface area contributed by atoms with Crippen LogP contribution in [0.2, 0.25) is 0 Å². The van der Waals surface area contributed by atoms with Gasteiger partial charge in [-0.2, -0.15) is 0 Å². The largest absolute Gasteiger partial charge is 0.493 e. The van der Waals surface area contributed by atoms with Crippen molar-refractivity contribution in [3.05, 3.63) is 29.8 Å². The minimum absolute atomic E-state index is 0.0565. The number of rotatable bonds is 6. The van der Waals surface area contributed by atoms with Crippen LogP contribution in [0.5, 0.6) is 5.75 Å². The van der Waals surface area contributed by atoms with E-state index in [1.54, 1.807) is 0 Å². The minimum atomic E-state index is -0.0565. The van der Waals surface area contributed by atoms with Gasteiger partial charge >= 0.3 is 0 Å². The number of ether oxygens (including phenoxy) is 1. The van der Waals surface area contributed by atoms with Crippen molar-refractivity contribution in [2.24, 2.45) is 0 Å². The summed E-state index contributed by atoms with van der Waals surface area (Å²) in [4.78, 5) is 24.2. The van der Waals surface area contributed by atoms with E-state index in [0.717, 1.165) is 12.2 Å². The molecule has 0 radical (unpaired) electrons. The van der Waals surface area contributed by atoms with Crippen LogP contribution in [-0.2, 0) is 16.0 Å². The van der Waals surface area contributed by atoms with Crippen LogP contribution < -0.4 is 4.74 Å². The molecule has 1 aliphatic heterocycles. The maximum atomic E-state index is 11.4. The minimum Gasteiger partial charge on any atom is -0.493 e. The molecule has 0 unspecified atom stereocenters. The molecule has 19 heavy (non-hydrogen) atoms. The standard InChI is InChI=1S/C15H19NO3/c1-2-12-6-3-4-7-13(12)19-11-5-10-16-14(17)8-9-15(16)18/h3-4,6-7H,2,5,8-11H2,1H3. The summed E-state index contributed by atoms with van der Waals surface area (Å²) in [5.41, 5.74) is 1.18. The molecule has 4 heteroatoms. The zero-order valence-electron chi connectivity index (χ0n) is 11.2. The predicted octanol–water partition coefficient (Wildman–Crippen LogP) is 2.17. The number of hydrogen-bond donors (Lipinski definition) is 0. The molecule has 1 aliphatic rings. The Kier molecular flexibility index (Phi) is 4.55. The van der Waals surface area contributed by atoms with E-state index in [9.17, 15) is 9.59 Å². The Hall–Kier alpha value is -1.84. The van der Waals surface area contributed by atoms with Crippen molar-refractivity contribution in [2.45, 2.75) is 32.6 Å². The number of amides is 2. The summed E-state index contributed by atoms with van der Waals surface area (Å²) in [6, 6.07) is 7.93. The predicted molar refractivity (Wildman–Crippen MR) is 71.9 cm³/mol. The molecule has 0 aromatic heterocycles. The first-order valence-electron chi connectivity index (χ1n) is 6.76. The smallest absolute Gasteiger partial charge is 0.229 e. The number of likely N-dealkylation sites (tertiary alicyclic amines) is 1. The third kappa shape index (κ3) is 3.34. The Morgan fingerprint density at radius 3 is 2.53 bits per heavy atom. The summed E-state index contributed by atoms with van der Waals surface area (Å²) in [7, 11) is 0. The Morgan fingerprint density at radius 2 is 1.84 bits per heavy atom. The summed E-state index contributed by atoms with van der Waals surface area (Å²) >= 11 is 0. The summed E-state index contributed by atoms with van der Waals surface area (Å²) in [6.45, 7) is 3.07. The fourth-order valence-corrected chi connectivity index (χ4v) is 2.21. The lowest BCUT2D eigenvalue weighted by atomic mass is 10.1. The van der Waals surface area contributed by atoms with Gasteiger partial charge in [0.25, 0.3) is 0 Å². The lowest BCUT2D eigenvalue weighted by Crippen LogP contribution is -2.30. The van der Waals surface area contributed by atoms with Gasteiger partial charge in [-0.3, -0.25) is 14.5 Å². The van der Waals surface area contributed by atoms with Crippen molar-refractivity contribution in [3.8, 4) is 5.75 Å². The molecular weight excluding hydrogens is 242 g/mol. The van der Waals surface area contributed by atoms with Crippen molar-refractivity contribution < 1.29 is 14.3 Å². The van der Waals surface area contributed by atoms with Crippen LogP contribution in [0, 0.1) is 0 Å². The van der Waals surface area contributed by atoms with Crippen LogP contribution in [0.15, 0.2) is 24.3 Å². The molecule has 1 aromatic carbocycles. The second-order valence-corrected chi connectivity index (χ2v) is 4.60. The molecule has 0 aliphatic carbocycles. The SMILES string of the molecule is CCc1ccccc1OCCCN1C(=O)CCC1=O. The molecule has 2 rings (SSSR count). The van der Waals surface area contributed by atoms with Gasteiger partial charge in [0.15, 0.2) is 0 Å². The van der Waals surface area contributed by atoms with E-state index < -0.39 is 0 Å². The first kappa shape index (κ1) is 13.6. The van der Waals surface area contributed by atoms with E-state index >= 15 is 0 Å². The van der Waals surface area contributed by atoms with Crippen molar-refractivity contribution in [3.63, 3.8) is 0 Å². The number of para-hydroxylation sites is 1. The molecule has 0 bridgehead atoms. The molecule has 0 atom stereocenters. The van der Waals surface area contributed by atoms with Gasteiger partial charge in [0.05, 0.1) is 6.61 Å². The van der Waals surface area contributed by atoms with Gasteiger partial charge in [0.1, 0.15) is 5.75 Å². The number of nitrogens with zero attached hydrogens (tertiary/aromatic N) is 1. The molecule has 0 N–H and O–H groups in total. The molecule has 1 saturated heterocycles. The fraction of sp³-hybridized carbons (Fsp3) is 0.467. The summed E-state index contributed by atoms with van der Waals surface area (Å²) in [5, 5.41) is 0. The van der Waals surface area contributed by atoms with Crippen LogP contribution in [-0.4, -0.2) is 29.9 Å². The molecule has 4 nitrogen and oxygen atoms in total. The number of carbonyl (C=O) groups excluding carboxylic acids is 2. The second-order valence-electron chi connectivity index (χ2n) is 4.60. The fourth-order valence-electron chi connectivity index (χ4n) is 2.21. The molecular formula is C15H19NO3. The first-order chi connectivity index (χ1) is 9.22. The van der Waals surface area contributed by atoms with Crippen molar-refractivity contribution in [1.29, 1.82) is 0 Å². The van der Waals surface area contributed by atoms with Crippen LogP contribution in [0.3, 0.4) is 0 Å². The van der Waals surface area contributed by atoms with E-state index in [2.05, 4.69) is 6.92 Å². The van der Waals surface area contributed by atoms with Gasteiger partial charge in [-0.15, -0.1) is 0 Å². The van der Waals surface area contributed by atoms with Crippen LogP contribution >= 0.6 is 0 Å². The maximum Gasteiger partial charge on any atom is 0.229 e. The van der Waals surface area contributed by atoms with E-state index in [0.29, 0.717) is 32.4 Å².